The molecule has 4 aromatic rings. The maximum Gasteiger partial charge on any atom is 0.266 e. The summed E-state index contributed by atoms with van der Waals surface area (Å²) in [6.07, 6.45) is 1.68. The first-order valence-electron chi connectivity index (χ1n) is 9.94. The number of nitrogens with zero attached hydrogens (tertiary/aromatic N) is 3. The molecule has 5 rings (SSSR count). The standard InChI is InChI=1S/C21H16Cl2FN5O3S2/c22-12-1-2-18(14(5-12)17-3-4-27-29(17)13-8-25-9-13)32-19-7-16(24)20(6-15(19)23)34(30,31)28-21-10-33-11-26-21/h1-7,10-11,13,25,28H,8-9H2. The summed E-state index contributed by atoms with van der Waals surface area (Å²) in [5.41, 5.74) is 2.86. The zero-order chi connectivity index (χ0) is 23.9. The number of hydrogen-bond acceptors (Lipinski definition) is 7. The molecule has 2 N–H and O–H groups in total. The summed E-state index contributed by atoms with van der Waals surface area (Å²) < 4.78 is 50.2. The molecule has 2 aromatic carbocycles. The van der Waals surface area contributed by atoms with Crippen molar-refractivity contribution in [1.29, 1.82) is 0 Å². The summed E-state index contributed by atoms with van der Waals surface area (Å²) in [6, 6.07) is 8.94. The van der Waals surface area contributed by atoms with Crippen LogP contribution in [-0.4, -0.2) is 36.3 Å². The van der Waals surface area contributed by atoms with Crippen molar-refractivity contribution in [2.24, 2.45) is 0 Å². The van der Waals surface area contributed by atoms with Gasteiger partial charge in [0.15, 0.2) is 5.82 Å². The summed E-state index contributed by atoms with van der Waals surface area (Å²) >= 11 is 13.8. The third kappa shape index (κ3) is 4.49. The number of anilines is 1. The van der Waals surface area contributed by atoms with Gasteiger partial charge in [-0.2, -0.15) is 5.10 Å². The molecule has 34 heavy (non-hydrogen) atoms. The number of thiazole rings is 1. The number of halogens is 3. The number of nitrogens with one attached hydrogen (secondary N) is 2. The van der Waals surface area contributed by atoms with Gasteiger partial charge in [0.05, 0.1) is 22.3 Å². The van der Waals surface area contributed by atoms with Crippen LogP contribution in [0.5, 0.6) is 11.5 Å². The van der Waals surface area contributed by atoms with Crippen LogP contribution in [0.4, 0.5) is 10.2 Å². The molecule has 0 bridgehead atoms. The summed E-state index contributed by atoms with van der Waals surface area (Å²) in [6.45, 7) is 1.57. The lowest BCUT2D eigenvalue weighted by Gasteiger charge is -2.29. The molecule has 176 valence electrons. The van der Waals surface area contributed by atoms with Crippen molar-refractivity contribution in [2.75, 3.05) is 17.8 Å². The van der Waals surface area contributed by atoms with Gasteiger partial charge in [0.1, 0.15) is 22.2 Å². The molecule has 0 radical (unpaired) electrons. The summed E-state index contributed by atoms with van der Waals surface area (Å²) in [7, 11) is -4.24. The third-order valence-electron chi connectivity index (χ3n) is 5.16. The van der Waals surface area contributed by atoms with Gasteiger partial charge in [-0.15, -0.1) is 11.3 Å². The molecule has 0 saturated carbocycles. The Morgan fingerprint density at radius 3 is 2.71 bits per heavy atom. The van der Waals surface area contributed by atoms with E-state index in [4.69, 9.17) is 27.9 Å². The van der Waals surface area contributed by atoms with Gasteiger partial charge in [-0.25, -0.2) is 17.8 Å². The molecule has 0 unspecified atom stereocenters. The van der Waals surface area contributed by atoms with E-state index in [1.54, 1.807) is 24.4 Å². The zero-order valence-electron chi connectivity index (χ0n) is 17.2. The van der Waals surface area contributed by atoms with Crippen molar-refractivity contribution in [3.8, 4) is 22.8 Å². The highest BCUT2D eigenvalue weighted by Gasteiger charge is 2.25. The number of aromatic nitrogens is 3. The molecule has 0 aliphatic carbocycles. The topological polar surface area (TPSA) is 98.1 Å². The molecular weight excluding hydrogens is 524 g/mol. The van der Waals surface area contributed by atoms with E-state index in [2.05, 4.69) is 20.1 Å². The summed E-state index contributed by atoms with van der Waals surface area (Å²) in [5.74, 6) is -0.629. The first kappa shape index (κ1) is 23.1. The zero-order valence-corrected chi connectivity index (χ0v) is 20.3. The van der Waals surface area contributed by atoms with Gasteiger partial charge in [-0.3, -0.25) is 9.40 Å². The van der Waals surface area contributed by atoms with Crippen molar-refractivity contribution in [3.63, 3.8) is 0 Å². The van der Waals surface area contributed by atoms with Crippen LogP contribution >= 0.6 is 34.5 Å². The third-order valence-corrected chi connectivity index (χ3v) is 7.65. The fourth-order valence-corrected chi connectivity index (χ4v) is 5.51. The van der Waals surface area contributed by atoms with E-state index in [0.29, 0.717) is 16.3 Å². The maximum atomic E-state index is 14.9. The van der Waals surface area contributed by atoms with E-state index in [-0.39, 0.29) is 22.6 Å². The van der Waals surface area contributed by atoms with Crippen LogP contribution in [0.15, 0.2) is 58.4 Å². The van der Waals surface area contributed by atoms with Crippen molar-refractivity contribution in [3.05, 3.63) is 69.3 Å². The molecule has 1 saturated heterocycles. The highest BCUT2D eigenvalue weighted by Crippen LogP contribution is 2.40. The molecule has 8 nitrogen and oxygen atoms in total. The smallest absolute Gasteiger partial charge is 0.266 e. The lowest BCUT2D eigenvalue weighted by atomic mass is 10.1. The fourth-order valence-electron chi connectivity index (χ4n) is 3.42. The number of hydrogen-bond donors (Lipinski definition) is 2. The van der Waals surface area contributed by atoms with E-state index in [0.717, 1.165) is 30.9 Å². The Bertz CT molecular complexity index is 1460. The van der Waals surface area contributed by atoms with Crippen molar-refractivity contribution < 1.29 is 17.5 Å². The number of rotatable bonds is 7. The molecule has 13 heteroatoms. The Hall–Kier alpha value is -2.70. The lowest BCUT2D eigenvalue weighted by Crippen LogP contribution is -2.44. The van der Waals surface area contributed by atoms with Crippen LogP contribution in [0.2, 0.25) is 10.0 Å². The van der Waals surface area contributed by atoms with Gasteiger partial charge in [0.25, 0.3) is 10.0 Å². The lowest BCUT2D eigenvalue weighted by molar-refractivity contribution is 0.321. The molecule has 1 aliphatic heterocycles. The predicted molar refractivity (Wildman–Crippen MR) is 129 cm³/mol. The molecule has 0 atom stereocenters. The van der Waals surface area contributed by atoms with Crippen molar-refractivity contribution in [2.45, 2.75) is 10.9 Å². The Morgan fingerprint density at radius 1 is 1.18 bits per heavy atom. The van der Waals surface area contributed by atoms with Crippen LogP contribution in [0.3, 0.4) is 0 Å². The average molecular weight is 540 g/mol. The van der Waals surface area contributed by atoms with E-state index in [1.165, 1.54) is 22.2 Å². The number of benzene rings is 2. The highest BCUT2D eigenvalue weighted by molar-refractivity contribution is 7.92. The van der Waals surface area contributed by atoms with Crippen LogP contribution in [0.25, 0.3) is 11.3 Å². The minimum atomic E-state index is -4.24. The van der Waals surface area contributed by atoms with E-state index in [1.807, 2.05) is 10.7 Å². The number of sulfonamides is 1. The van der Waals surface area contributed by atoms with Gasteiger partial charge in [0.2, 0.25) is 0 Å². The van der Waals surface area contributed by atoms with Crippen LogP contribution in [0, 0.1) is 5.82 Å². The average Bonchev–Trinajstić information content (AvgIpc) is 3.42. The Labute approximate surface area is 208 Å². The normalized spacial score (nSPS) is 14.1. The molecule has 0 amide bonds. The second-order valence-corrected chi connectivity index (χ2v) is 10.6. The van der Waals surface area contributed by atoms with Gasteiger partial charge >= 0.3 is 0 Å². The quantitative estimate of drug-likeness (QED) is 0.335. The second-order valence-electron chi connectivity index (χ2n) is 7.41. The maximum absolute atomic E-state index is 14.9. The monoisotopic (exact) mass is 539 g/mol. The highest BCUT2D eigenvalue weighted by atomic mass is 35.5. The first-order valence-corrected chi connectivity index (χ1v) is 13.1. The largest absolute Gasteiger partial charge is 0.455 e. The van der Waals surface area contributed by atoms with Crippen LogP contribution in [-0.2, 0) is 10.0 Å². The second kappa shape index (κ2) is 9.16. The summed E-state index contributed by atoms with van der Waals surface area (Å²) in [5, 5.41) is 9.49. The van der Waals surface area contributed by atoms with Gasteiger partial charge in [-0.1, -0.05) is 23.2 Å². The van der Waals surface area contributed by atoms with Crippen molar-refractivity contribution in [1.82, 2.24) is 20.1 Å². The predicted octanol–water partition coefficient (Wildman–Crippen LogP) is 5.19. The van der Waals surface area contributed by atoms with Crippen LogP contribution in [0.1, 0.15) is 6.04 Å². The molecule has 1 aliphatic rings. The van der Waals surface area contributed by atoms with E-state index in [9.17, 15) is 12.8 Å². The molecule has 0 spiro atoms. The van der Waals surface area contributed by atoms with Gasteiger partial charge in [-0.05, 0) is 30.3 Å². The van der Waals surface area contributed by atoms with Gasteiger partial charge < -0.3 is 10.1 Å². The van der Waals surface area contributed by atoms with E-state index >= 15 is 0 Å². The minimum Gasteiger partial charge on any atom is -0.455 e. The SMILES string of the molecule is O=S(=O)(Nc1cscn1)c1cc(Cl)c(Oc2ccc(Cl)cc2-c2ccnn2C2CNC2)cc1F. The Balaban J connectivity index is 1.49. The molecule has 1 fully saturated rings. The minimum absolute atomic E-state index is 0.0493. The Kier molecular flexibility index (Phi) is 6.21. The fraction of sp³-hybridized carbons (Fsp3) is 0.143. The van der Waals surface area contributed by atoms with Crippen molar-refractivity contribution >= 4 is 50.4 Å². The summed E-state index contributed by atoms with van der Waals surface area (Å²) in [4.78, 5) is 3.23. The Morgan fingerprint density at radius 2 is 2.00 bits per heavy atom. The molecular formula is C21H16Cl2FN5O3S2. The molecule has 2 aromatic heterocycles. The van der Waals surface area contributed by atoms with Crippen LogP contribution < -0.4 is 14.8 Å². The van der Waals surface area contributed by atoms with E-state index < -0.39 is 20.7 Å². The molecule has 3 heterocycles. The van der Waals surface area contributed by atoms with Gasteiger partial charge in [0, 0.05) is 41.3 Å². The first-order chi connectivity index (χ1) is 16.3. The number of ether oxygens (including phenoxy) is 1.